The van der Waals surface area contributed by atoms with Gasteiger partial charge >= 0.3 is 0 Å². The monoisotopic (exact) mass is 357 g/mol. The predicted molar refractivity (Wildman–Crippen MR) is 101 cm³/mol. The second-order valence-corrected chi connectivity index (χ2v) is 5.69. The predicted octanol–water partition coefficient (Wildman–Crippen LogP) is 4.78. The Morgan fingerprint density at radius 2 is 1.67 bits per heavy atom. The lowest BCUT2D eigenvalue weighted by atomic mass is 10.1. The first kappa shape index (κ1) is 16.5. The van der Waals surface area contributed by atoms with Crippen LogP contribution in [0, 0.1) is 0 Å². The third-order valence-corrected chi connectivity index (χ3v) is 3.76. The number of amides is 1. The average Bonchev–Trinajstić information content (AvgIpc) is 3.20. The number of anilines is 1. The van der Waals surface area contributed by atoms with Crippen LogP contribution in [-0.4, -0.2) is 16.0 Å². The zero-order valence-electron chi connectivity index (χ0n) is 14.2. The molecule has 0 spiro atoms. The molecule has 0 saturated carbocycles. The fourth-order valence-electron chi connectivity index (χ4n) is 2.47. The lowest BCUT2D eigenvalue weighted by molar-refractivity contribution is 0.101. The van der Waals surface area contributed by atoms with Crippen LogP contribution in [0.5, 0.6) is 11.6 Å². The molecule has 132 valence electrons. The fourth-order valence-corrected chi connectivity index (χ4v) is 2.47. The Labute approximate surface area is 155 Å². The zero-order valence-corrected chi connectivity index (χ0v) is 14.2. The second kappa shape index (κ2) is 7.53. The zero-order chi connectivity index (χ0) is 18.5. The standard InChI is InChI=1S/C21H15N3O3/c25-21(18-14-19(27-24-18)15-7-3-1-4-8-15)23-16-11-12-22-20(13-16)26-17-9-5-2-6-10-17/h1-14H,(H,22,23,25). The van der Waals surface area contributed by atoms with Crippen LogP contribution >= 0.6 is 0 Å². The van der Waals surface area contributed by atoms with Crippen LogP contribution < -0.4 is 10.1 Å². The summed E-state index contributed by atoms with van der Waals surface area (Å²) in [7, 11) is 0. The number of nitrogens with one attached hydrogen (secondary N) is 1. The molecule has 2 aromatic carbocycles. The molecule has 4 aromatic rings. The second-order valence-electron chi connectivity index (χ2n) is 5.69. The van der Waals surface area contributed by atoms with Gasteiger partial charge in [0.25, 0.3) is 5.91 Å². The number of aromatic nitrogens is 2. The Hall–Kier alpha value is -3.93. The van der Waals surface area contributed by atoms with Crippen molar-refractivity contribution in [3.8, 4) is 23.0 Å². The van der Waals surface area contributed by atoms with Gasteiger partial charge in [-0.2, -0.15) is 0 Å². The summed E-state index contributed by atoms with van der Waals surface area (Å²) < 4.78 is 10.9. The van der Waals surface area contributed by atoms with Gasteiger partial charge in [-0.3, -0.25) is 4.79 Å². The molecule has 0 aliphatic carbocycles. The van der Waals surface area contributed by atoms with Crippen molar-refractivity contribution in [1.29, 1.82) is 0 Å². The molecule has 4 rings (SSSR count). The third-order valence-electron chi connectivity index (χ3n) is 3.76. The molecular formula is C21H15N3O3. The summed E-state index contributed by atoms with van der Waals surface area (Å²) in [5, 5.41) is 6.61. The van der Waals surface area contributed by atoms with E-state index in [9.17, 15) is 4.79 Å². The summed E-state index contributed by atoms with van der Waals surface area (Å²) >= 11 is 0. The van der Waals surface area contributed by atoms with Crippen molar-refractivity contribution in [3.05, 3.63) is 90.8 Å². The van der Waals surface area contributed by atoms with Crippen molar-refractivity contribution < 1.29 is 14.1 Å². The molecule has 6 heteroatoms. The van der Waals surface area contributed by atoms with Crippen LogP contribution in [0.1, 0.15) is 10.5 Å². The first-order chi connectivity index (χ1) is 13.3. The highest BCUT2D eigenvalue weighted by molar-refractivity contribution is 6.03. The van der Waals surface area contributed by atoms with E-state index in [0.717, 1.165) is 5.56 Å². The van der Waals surface area contributed by atoms with Crippen molar-refractivity contribution in [1.82, 2.24) is 10.1 Å². The van der Waals surface area contributed by atoms with Crippen LogP contribution in [0.15, 0.2) is 89.6 Å². The molecule has 2 heterocycles. The van der Waals surface area contributed by atoms with Crippen molar-refractivity contribution in [2.24, 2.45) is 0 Å². The summed E-state index contributed by atoms with van der Waals surface area (Å²) in [4.78, 5) is 16.6. The van der Waals surface area contributed by atoms with E-state index in [-0.39, 0.29) is 11.6 Å². The molecule has 0 aliphatic heterocycles. The molecule has 0 atom stereocenters. The minimum Gasteiger partial charge on any atom is -0.439 e. The van der Waals surface area contributed by atoms with Crippen LogP contribution in [0.2, 0.25) is 0 Å². The van der Waals surface area contributed by atoms with Gasteiger partial charge in [-0.05, 0) is 18.2 Å². The van der Waals surface area contributed by atoms with Gasteiger partial charge in [-0.1, -0.05) is 53.7 Å². The molecule has 0 aliphatic rings. The molecule has 2 aromatic heterocycles. The SMILES string of the molecule is O=C(Nc1ccnc(Oc2ccccc2)c1)c1cc(-c2ccccc2)on1. The Bertz CT molecular complexity index is 1050. The normalized spacial score (nSPS) is 10.4. The molecule has 1 N–H and O–H groups in total. The number of benzene rings is 2. The third kappa shape index (κ3) is 4.01. The topological polar surface area (TPSA) is 77.2 Å². The number of carbonyl (C=O) groups excluding carboxylic acids is 1. The van der Waals surface area contributed by atoms with Gasteiger partial charge in [-0.25, -0.2) is 4.98 Å². The lowest BCUT2D eigenvalue weighted by Crippen LogP contribution is -2.12. The van der Waals surface area contributed by atoms with Crippen LogP contribution in [0.3, 0.4) is 0 Å². The molecule has 6 nitrogen and oxygen atoms in total. The molecule has 0 fully saturated rings. The number of pyridine rings is 1. The van der Waals surface area contributed by atoms with Gasteiger partial charge in [0.1, 0.15) is 5.75 Å². The maximum absolute atomic E-state index is 12.4. The minimum absolute atomic E-state index is 0.191. The maximum atomic E-state index is 12.4. The quantitative estimate of drug-likeness (QED) is 0.556. The summed E-state index contributed by atoms with van der Waals surface area (Å²) in [6.07, 6.45) is 1.56. The summed E-state index contributed by atoms with van der Waals surface area (Å²) in [6.45, 7) is 0. The highest BCUT2D eigenvalue weighted by Crippen LogP contribution is 2.23. The Balaban J connectivity index is 1.47. The van der Waals surface area contributed by atoms with Gasteiger partial charge in [-0.15, -0.1) is 0 Å². The van der Waals surface area contributed by atoms with Crippen molar-refractivity contribution in [2.75, 3.05) is 5.32 Å². The fraction of sp³-hybridized carbons (Fsp3) is 0. The number of ether oxygens (including phenoxy) is 1. The Morgan fingerprint density at radius 1 is 0.926 bits per heavy atom. The van der Waals surface area contributed by atoms with E-state index >= 15 is 0 Å². The number of carbonyl (C=O) groups is 1. The first-order valence-corrected chi connectivity index (χ1v) is 8.30. The van der Waals surface area contributed by atoms with E-state index in [1.807, 2.05) is 60.7 Å². The van der Waals surface area contributed by atoms with E-state index < -0.39 is 0 Å². The average molecular weight is 357 g/mol. The number of hydrogen-bond acceptors (Lipinski definition) is 5. The van der Waals surface area contributed by atoms with E-state index in [4.69, 9.17) is 9.26 Å². The molecule has 0 radical (unpaired) electrons. The van der Waals surface area contributed by atoms with E-state index in [1.165, 1.54) is 0 Å². The molecule has 0 bridgehead atoms. The molecular weight excluding hydrogens is 342 g/mol. The number of hydrogen-bond donors (Lipinski definition) is 1. The molecule has 27 heavy (non-hydrogen) atoms. The highest BCUT2D eigenvalue weighted by Gasteiger charge is 2.14. The lowest BCUT2D eigenvalue weighted by Gasteiger charge is -2.07. The minimum atomic E-state index is -0.377. The van der Waals surface area contributed by atoms with Crippen LogP contribution in [-0.2, 0) is 0 Å². The first-order valence-electron chi connectivity index (χ1n) is 8.30. The van der Waals surface area contributed by atoms with E-state index in [0.29, 0.717) is 23.1 Å². The van der Waals surface area contributed by atoms with Gasteiger partial charge in [0.15, 0.2) is 11.5 Å². The van der Waals surface area contributed by atoms with Gasteiger partial charge in [0.2, 0.25) is 5.88 Å². The molecule has 0 saturated heterocycles. The van der Waals surface area contributed by atoms with Crippen molar-refractivity contribution >= 4 is 11.6 Å². The van der Waals surface area contributed by atoms with Crippen LogP contribution in [0.4, 0.5) is 5.69 Å². The van der Waals surface area contributed by atoms with Gasteiger partial charge < -0.3 is 14.6 Å². The number of nitrogens with zero attached hydrogens (tertiary/aromatic N) is 2. The van der Waals surface area contributed by atoms with Crippen molar-refractivity contribution in [3.63, 3.8) is 0 Å². The van der Waals surface area contributed by atoms with Crippen LogP contribution in [0.25, 0.3) is 11.3 Å². The Morgan fingerprint density at radius 3 is 2.44 bits per heavy atom. The largest absolute Gasteiger partial charge is 0.439 e. The number of para-hydroxylation sites is 1. The number of rotatable bonds is 5. The summed E-state index contributed by atoms with van der Waals surface area (Å²) in [6, 6.07) is 23.7. The van der Waals surface area contributed by atoms with Gasteiger partial charge in [0, 0.05) is 29.6 Å². The smallest absolute Gasteiger partial charge is 0.277 e. The van der Waals surface area contributed by atoms with Crippen molar-refractivity contribution in [2.45, 2.75) is 0 Å². The molecule has 0 unspecified atom stereocenters. The van der Waals surface area contributed by atoms with Gasteiger partial charge in [0.05, 0.1) is 0 Å². The Kier molecular flexibility index (Phi) is 4.61. The van der Waals surface area contributed by atoms with E-state index in [2.05, 4.69) is 15.5 Å². The highest BCUT2D eigenvalue weighted by atomic mass is 16.5. The maximum Gasteiger partial charge on any atom is 0.277 e. The summed E-state index contributed by atoms with van der Waals surface area (Å²) in [5.74, 6) is 1.20. The molecule has 1 amide bonds. The van der Waals surface area contributed by atoms with E-state index in [1.54, 1.807) is 24.4 Å². The summed E-state index contributed by atoms with van der Waals surface area (Å²) in [5.41, 5.74) is 1.59.